The fraction of sp³-hybridized carbons (Fsp3) is 0.167. The quantitative estimate of drug-likeness (QED) is 0.843. The Morgan fingerprint density at radius 3 is 2.50 bits per heavy atom. The van der Waals surface area contributed by atoms with Crippen LogP contribution in [-0.4, -0.2) is 28.4 Å². The van der Waals surface area contributed by atoms with E-state index in [1.54, 1.807) is 29.6 Å². The lowest BCUT2D eigenvalue weighted by Gasteiger charge is -2.06. The number of nitrogens with two attached hydrogens (primary N) is 1. The fourth-order valence-corrected chi connectivity index (χ4v) is 1.49. The summed E-state index contributed by atoms with van der Waals surface area (Å²) >= 11 is 0. The minimum atomic E-state index is -4.45. The molecular weight excluding hydrogens is 273 g/mol. The van der Waals surface area contributed by atoms with E-state index < -0.39 is 18.6 Å². The summed E-state index contributed by atoms with van der Waals surface area (Å²) in [6.07, 6.45) is -2.97. The van der Waals surface area contributed by atoms with Gasteiger partial charge in [0.15, 0.2) is 5.69 Å². The van der Waals surface area contributed by atoms with Crippen LogP contribution in [0, 0.1) is 0 Å². The minimum absolute atomic E-state index is 0.0916. The number of nitrogens with one attached hydrogen (secondary N) is 1. The number of carbonyl (C=O) groups is 1. The number of nitrogens with zero attached hydrogens (tertiary/aromatic N) is 2. The molecule has 106 valence electrons. The zero-order valence-corrected chi connectivity index (χ0v) is 10.2. The van der Waals surface area contributed by atoms with Crippen molar-refractivity contribution in [3.8, 4) is 5.69 Å². The number of carbonyl (C=O) groups excluding carboxylic acids is 1. The lowest BCUT2D eigenvalue weighted by Crippen LogP contribution is -2.33. The zero-order valence-electron chi connectivity index (χ0n) is 10.2. The minimum Gasteiger partial charge on any atom is -0.399 e. The monoisotopic (exact) mass is 284 g/mol. The summed E-state index contributed by atoms with van der Waals surface area (Å²) in [6.45, 7) is -1.39. The van der Waals surface area contributed by atoms with Crippen molar-refractivity contribution in [3.63, 3.8) is 0 Å². The summed E-state index contributed by atoms with van der Waals surface area (Å²) in [5.74, 6) is -0.878. The van der Waals surface area contributed by atoms with Gasteiger partial charge in [-0.1, -0.05) is 0 Å². The van der Waals surface area contributed by atoms with E-state index in [1.807, 2.05) is 0 Å². The molecule has 1 aromatic heterocycles. The molecule has 5 nitrogen and oxygen atoms in total. The maximum Gasteiger partial charge on any atom is 0.405 e. The standard InChI is InChI=1S/C12H11F3N4O/c13-12(14,15)7-17-11(20)10-5-6-19(18-10)9-3-1-8(16)2-4-9/h1-6H,7,16H2,(H,17,20). The predicted octanol–water partition coefficient (Wildman–Crippen LogP) is 1.75. The normalized spacial score (nSPS) is 11.3. The van der Waals surface area contributed by atoms with Crippen molar-refractivity contribution >= 4 is 11.6 Å². The third-order valence-corrected chi connectivity index (χ3v) is 2.43. The number of hydrogen-bond acceptors (Lipinski definition) is 3. The molecule has 0 fully saturated rings. The zero-order chi connectivity index (χ0) is 14.8. The lowest BCUT2D eigenvalue weighted by atomic mass is 10.3. The number of alkyl halides is 3. The molecule has 1 heterocycles. The van der Waals surface area contributed by atoms with Crippen LogP contribution >= 0.6 is 0 Å². The molecule has 0 atom stereocenters. The van der Waals surface area contributed by atoms with Gasteiger partial charge in [0, 0.05) is 11.9 Å². The molecular formula is C12H11F3N4O. The van der Waals surface area contributed by atoms with Crippen LogP contribution in [0.15, 0.2) is 36.5 Å². The van der Waals surface area contributed by atoms with Crippen molar-refractivity contribution in [2.45, 2.75) is 6.18 Å². The summed E-state index contributed by atoms with van der Waals surface area (Å²) in [7, 11) is 0. The molecule has 2 rings (SSSR count). The second-order valence-corrected chi connectivity index (χ2v) is 4.03. The van der Waals surface area contributed by atoms with Crippen molar-refractivity contribution in [1.82, 2.24) is 15.1 Å². The van der Waals surface area contributed by atoms with E-state index >= 15 is 0 Å². The van der Waals surface area contributed by atoms with Crippen LogP contribution in [-0.2, 0) is 0 Å². The van der Waals surface area contributed by atoms with Gasteiger partial charge in [0.2, 0.25) is 0 Å². The van der Waals surface area contributed by atoms with Gasteiger partial charge in [0.1, 0.15) is 6.54 Å². The molecule has 0 aliphatic rings. The van der Waals surface area contributed by atoms with Crippen molar-refractivity contribution in [2.75, 3.05) is 12.3 Å². The van der Waals surface area contributed by atoms with Gasteiger partial charge < -0.3 is 11.1 Å². The van der Waals surface area contributed by atoms with E-state index in [9.17, 15) is 18.0 Å². The molecule has 0 saturated carbocycles. The third-order valence-electron chi connectivity index (χ3n) is 2.43. The Labute approximate surface area is 112 Å². The molecule has 3 N–H and O–H groups in total. The summed E-state index contributed by atoms with van der Waals surface area (Å²) in [6, 6.07) is 8.00. The summed E-state index contributed by atoms with van der Waals surface area (Å²) < 4.78 is 37.3. The Morgan fingerprint density at radius 1 is 1.25 bits per heavy atom. The maximum absolute atomic E-state index is 12.0. The van der Waals surface area contributed by atoms with E-state index in [0.29, 0.717) is 11.4 Å². The number of rotatable bonds is 3. The summed E-state index contributed by atoms with van der Waals surface area (Å²) in [5, 5.41) is 5.66. The first kappa shape index (κ1) is 13.9. The van der Waals surface area contributed by atoms with Gasteiger partial charge in [-0.15, -0.1) is 0 Å². The lowest BCUT2D eigenvalue weighted by molar-refractivity contribution is -0.123. The molecule has 0 saturated heterocycles. The van der Waals surface area contributed by atoms with Gasteiger partial charge >= 0.3 is 6.18 Å². The van der Waals surface area contributed by atoms with Crippen molar-refractivity contribution in [3.05, 3.63) is 42.2 Å². The number of nitrogen functional groups attached to an aromatic ring is 1. The first-order valence-electron chi connectivity index (χ1n) is 5.62. The topological polar surface area (TPSA) is 72.9 Å². The van der Waals surface area contributed by atoms with Crippen LogP contribution in [0.25, 0.3) is 5.69 Å². The molecule has 0 spiro atoms. The number of halogens is 3. The third kappa shape index (κ3) is 3.50. The van der Waals surface area contributed by atoms with Crippen molar-refractivity contribution in [1.29, 1.82) is 0 Å². The highest BCUT2D eigenvalue weighted by atomic mass is 19.4. The largest absolute Gasteiger partial charge is 0.405 e. The highest BCUT2D eigenvalue weighted by Gasteiger charge is 2.28. The van der Waals surface area contributed by atoms with E-state index in [-0.39, 0.29) is 5.69 Å². The van der Waals surface area contributed by atoms with Gasteiger partial charge in [-0.25, -0.2) is 4.68 Å². The second-order valence-electron chi connectivity index (χ2n) is 4.03. The van der Waals surface area contributed by atoms with Crippen LogP contribution < -0.4 is 11.1 Å². The molecule has 0 aliphatic heterocycles. The Morgan fingerprint density at radius 2 is 1.90 bits per heavy atom. The predicted molar refractivity (Wildman–Crippen MR) is 66.4 cm³/mol. The van der Waals surface area contributed by atoms with E-state index in [2.05, 4.69) is 5.10 Å². The van der Waals surface area contributed by atoms with Crippen LogP contribution in [0.5, 0.6) is 0 Å². The van der Waals surface area contributed by atoms with Gasteiger partial charge in [-0.05, 0) is 30.3 Å². The van der Waals surface area contributed by atoms with Crippen LogP contribution in [0.2, 0.25) is 0 Å². The van der Waals surface area contributed by atoms with Crippen LogP contribution in [0.4, 0.5) is 18.9 Å². The highest BCUT2D eigenvalue weighted by Crippen LogP contribution is 2.13. The highest BCUT2D eigenvalue weighted by molar-refractivity contribution is 5.92. The van der Waals surface area contributed by atoms with E-state index in [4.69, 9.17) is 5.73 Å². The van der Waals surface area contributed by atoms with Gasteiger partial charge in [-0.3, -0.25) is 4.79 Å². The molecule has 8 heteroatoms. The molecule has 0 bridgehead atoms. The van der Waals surface area contributed by atoms with Crippen LogP contribution in [0.3, 0.4) is 0 Å². The van der Waals surface area contributed by atoms with Crippen LogP contribution in [0.1, 0.15) is 10.5 Å². The first-order chi connectivity index (χ1) is 9.35. The molecule has 0 radical (unpaired) electrons. The Balaban J connectivity index is 2.09. The molecule has 1 amide bonds. The van der Waals surface area contributed by atoms with E-state index in [1.165, 1.54) is 16.9 Å². The second kappa shape index (κ2) is 5.24. The molecule has 0 unspecified atom stereocenters. The van der Waals surface area contributed by atoms with Gasteiger partial charge in [-0.2, -0.15) is 18.3 Å². The number of benzene rings is 1. The van der Waals surface area contributed by atoms with Gasteiger partial charge in [0.05, 0.1) is 5.69 Å². The number of anilines is 1. The molecule has 0 aliphatic carbocycles. The molecule has 20 heavy (non-hydrogen) atoms. The number of hydrogen-bond donors (Lipinski definition) is 2. The van der Waals surface area contributed by atoms with Gasteiger partial charge in [0.25, 0.3) is 5.91 Å². The number of aromatic nitrogens is 2. The SMILES string of the molecule is Nc1ccc(-n2ccc(C(=O)NCC(F)(F)F)n2)cc1. The van der Waals surface area contributed by atoms with Crippen molar-refractivity contribution < 1.29 is 18.0 Å². The first-order valence-corrected chi connectivity index (χ1v) is 5.62. The average Bonchev–Trinajstić information content (AvgIpc) is 2.85. The summed E-state index contributed by atoms with van der Waals surface area (Å²) in [5.41, 5.74) is 6.67. The fourth-order valence-electron chi connectivity index (χ4n) is 1.49. The summed E-state index contributed by atoms with van der Waals surface area (Å²) in [4.78, 5) is 11.5. The Kier molecular flexibility index (Phi) is 3.64. The van der Waals surface area contributed by atoms with E-state index in [0.717, 1.165) is 0 Å². The number of amides is 1. The maximum atomic E-state index is 12.0. The Bertz CT molecular complexity index is 604. The molecule has 2 aromatic rings. The average molecular weight is 284 g/mol. The van der Waals surface area contributed by atoms with Crippen molar-refractivity contribution in [2.24, 2.45) is 0 Å². The molecule has 1 aromatic carbocycles. The smallest absolute Gasteiger partial charge is 0.399 e. The Hall–Kier alpha value is -2.51.